The fourth-order valence-electron chi connectivity index (χ4n) is 2.67. The second kappa shape index (κ2) is 3.65. The van der Waals surface area contributed by atoms with E-state index in [1.54, 1.807) is 0 Å². The van der Waals surface area contributed by atoms with Crippen molar-refractivity contribution in [1.82, 2.24) is 0 Å². The van der Waals surface area contributed by atoms with Crippen molar-refractivity contribution in [2.45, 2.75) is 70.3 Å². The van der Waals surface area contributed by atoms with Gasteiger partial charge in [0.2, 0.25) is 0 Å². The van der Waals surface area contributed by atoms with E-state index >= 15 is 0 Å². The minimum Gasteiger partial charge on any atom is -0.348 e. The normalized spacial score (nSPS) is 47.3. The maximum absolute atomic E-state index is 5.85. The Morgan fingerprint density at radius 3 is 2.12 bits per heavy atom. The summed E-state index contributed by atoms with van der Waals surface area (Å²) in [6.45, 7) is 8.21. The summed E-state index contributed by atoms with van der Waals surface area (Å²) in [6, 6.07) is 0. The lowest BCUT2D eigenvalue weighted by atomic mass is 10.1. The van der Waals surface area contributed by atoms with Crippen molar-refractivity contribution in [2.24, 2.45) is 0 Å². The molecule has 3 aliphatic heterocycles. The topological polar surface area (TPSA) is 46.2 Å². The van der Waals surface area contributed by atoms with Gasteiger partial charge in [-0.25, -0.2) is 0 Å². The van der Waals surface area contributed by atoms with Crippen LogP contribution in [-0.4, -0.2) is 42.8 Å². The molecule has 0 aromatic rings. The summed E-state index contributed by atoms with van der Waals surface area (Å²) in [5.74, 6) is -1.04. The first-order valence-electron chi connectivity index (χ1n) is 6.18. The van der Waals surface area contributed by atoms with Crippen molar-refractivity contribution in [3.8, 4) is 0 Å². The largest absolute Gasteiger partial charge is 0.348 e. The first-order valence-corrected chi connectivity index (χ1v) is 6.18. The van der Waals surface area contributed by atoms with Gasteiger partial charge in [-0.3, -0.25) is 0 Å². The molecule has 17 heavy (non-hydrogen) atoms. The van der Waals surface area contributed by atoms with E-state index in [4.69, 9.17) is 23.7 Å². The Morgan fingerprint density at radius 1 is 0.824 bits per heavy atom. The minimum absolute atomic E-state index is 0.00266. The summed E-state index contributed by atoms with van der Waals surface area (Å²) in [5.41, 5.74) is 0. The summed E-state index contributed by atoms with van der Waals surface area (Å²) < 4.78 is 28.6. The molecule has 5 nitrogen and oxygen atoms in total. The van der Waals surface area contributed by atoms with Crippen LogP contribution in [0.3, 0.4) is 0 Å². The molecule has 3 heterocycles. The molecule has 0 radical (unpaired) electrons. The molecule has 0 bridgehead atoms. The van der Waals surface area contributed by atoms with Gasteiger partial charge in [0.1, 0.15) is 12.2 Å². The van der Waals surface area contributed by atoms with Gasteiger partial charge in [-0.2, -0.15) is 0 Å². The predicted molar refractivity (Wildman–Crippen MR) is 58.2 cm³/mol. The summed E-state index contributed by atoms with van der Waals surface area (Å²) in [7, 11) is 0. The molecule has 0 spiro atoms. The van der Waals surface area contributed by atoms with E-state index in [0.717, 1.165) is 6.42 Å². The number of fused-ring (bicyclic) bond motifs is 1. The van der Waals surface area contributed by atoms with Crippen LogP contribution in [0.15, 0.2) is 0 Å². The smallest absolute Gasteiger partial charge is 0.187 e. The van der Waals surface area contributed by atoms with Crippen LogP contribution in [0.4, 0.5) is 0 Å². The molecule has 0 N–H and O–H groups in total. The van der Waals surface area contributed by atoms with Crippen LogP contribution in [0.25, 0.3) is 0 Å². The number of hydrogen-bond donors (Lipinski definition) is 0. The van der Waals surface area contributed by atoms with Crippen molar-refractivity contribution in [3.05, 3.63) is 0 Å². The molecule has 5 heteroatoms. The average Bonchev–Trinajstić information content (AvgIpc) is 2.75. The molecule has 3 rings (SSSR count). The van der Waals surface area contributed by atoms with Gasteiger partial charge in [0.15, 0.2) is 17.9 Å². The van der Waals surface area contributed by atoms with Crippen molar-refractivity contribution < 1.29 is 23.7 Å². The SMILES string of the molecule is CC1(C)OC[C@@H]([C@@H]2C[C@H]3OC(C)(C)O[C@@H]3O2)O1. The predicted octanol–water partition coefficient (Wildman–Crippen LogP) is 1.40. The Hall–Kier alpha value is -0.200. The molecule has 0 saturated carbocycles. The Kier molecular flexibility index (Phi) is 2.55. The molecular weight excluding hydrogens is 224 g/mol. The lowest BCUT2D eigenvalue weighted by Crippen LogP contribution is -2.33. The highest BCUT2D eigenvalue weighted by Gasteiger charge is 2.52. The Balaban J connectivity index is 1.60. The highest BCUT2D eigenvalue weighted by atomic mass is 16.8. The van der Waals surface area contributed by atoms with Gasteiger partial charge in [0.05, 0.1) is 12.7 Å². The third-order valence-electron chi connectivity index (χ3n) is 3.36. The maximum atomic E-state index is 5.85. The zero-order valence-electron chi connectivity index (χ0n) is 10.8. The first kappa shape index (κ1) is 11.9. The van der Waals surface area contributed by atoms with Crippen LogP contribution in [0.1, 0.15) is 34.1 Å². The average molecular weight is 244 g/mol. The van der Waals surface area contributed by atoms with Gasteiger partial charge in [-0.05, 0) is 27.7 Å². The van der Waals surface area contributed by atoms with Crippen LogP contribution in [0, 0.1) is 0 Å². The molecule has 3 saturated heterocycles. The summed E-state index contributed by atoms with van der Waals surface area (Å²) in [4.78, 5) is 0. The van der Waals surface area contributed by atoms with E-state index in [1.807, 2.05) is 27.7 Å². The van der Waals surface area contributed by atoms with E-state index in [0.29, 0.717) is 6.61 Å². The van der Waals surface area contributed by atoms with Gasteiger partial charge in [0.25, 0.3) is 0 Å². The fourth-order valence-corrected chi connectivity index (χ4v) is 2.67. The summed E-state index contributed by atoms with van der Waals surface area (Å²) >= 11 is 0. The Bertz CT molecular complexity index is 298. The minimum atomic E-state index is -0.535. The zero-order chi connectivity index (χ0) is 12.3. The number of hydrogen-bond acceptors (Lipinski definition) is 5. The third-order valence-corrected chi connectivity index (χ3v) is 3.36. The number of ether oxygens (including phenoxy) is 5. The van der Waals surface area contributed by atoms with Gasteiger partial charge < -0.3 is 23.7 Å². The van der Waals surface area contributed by atoms with Crippen LogP contribution in [0.5, 0.6) is 0 Å². The lowest BCUT2D eigenvalue weighted by molar-refractivity contribution is -0.220. The highest BCUT2D eigenvalue weighted by molar-refractivity contribution is 4.90. The quantitative estimate of drug-likeness (QED) is 0.697. The summed E-state index contributed by atoms with van der Waals surface area (Å²) in [5, 5.41) is 0. The second-order valence-corrected chi connectivity index (χ2v) is 5.82. The van der Waals surface area contributed by atoms with Crippen LogP contribution < -0.4 is 0 Å². The van der Waals surface area contributed by atoms with Crippen molar-refractivity contribution in [2.75, 3.05) is 6.61 Å². The Morgan fingerprint density at radius 2 is 1.53 bits per heavy atom. The third kappa shape index (κ3) is 2.22. The van der Waals surface area contributed by atoms with Crippen LogP contribution >= 0.6 is 0 Å². The fraction of sp³-hybridized carbons (Fsp3) is 1.00. The van der Waals surface area contributed by atoms with Gasteiger partial charge in [0, 0.05) is 6.42 Å². The van der Waals surface area contributed by atoms with Crippen molar-refractivity contribution >= 4 is 0 Å². The molecule has 3 fully saturated rings. The highest BCUT2D eigenvalue weighted by Crippen LogP contribution is 2.40. The van der Waals surface area contributed by atoms with Crippen molar-refractivity contribution in [1.29, 1.82) is 0 Å². The molecule has 0 aliphatic carbocycles. The standard InChI is InChI=1S/C12H20O5/c1-11(2)13-6-9(16-11)7-5-8-10(14-7)17-12(3,4)15-8/h7-10H,5-6H2,1-4H3/t7-,8+,9-,10-/m0/s1. The van der Waals surface area contributed by atoms with Crippen LogP contribution in [-0.2, 0) is 23.7 Å². The number of rotatable bonds is 1. The summed E-state index contributed by atoms with van der Waals surface area (Å²) in [6.07, 6.45) is 0.538. The molecule has 0 unspecified atom stereocenters. The lowest BCUT2D eigenvalue weighted by Gasteiger charge is -2.23. The van der Waals surface area contributed by atoms with E-state index in [-0.39, 0.29) is 24.6 Å². The molecule has 0 aromatic heterocycles. The molecule has 3 aliphatic rings. The van der Waals surface area contributed by atoms with E-state index < -0.39 is 11.6 Å². The zero-order valence-corrected chi connectivity index (χ0v) is 10.8. The van der Waals surface area contributed by atoms with Gasteiger partial charge in [-0.1, -0.05) is 0 Å². The van der Waals surface area contributed by atoms with Gasteiger partial charge in [-0.15, -0.1) is 0 Å². The molecular formula is C12H20O5. The molecule has 0 amide bonds. The van der Waals surface area contributed by atoms with E-state index in [9.17, 15) is 0 Å². The maximum Gasteiger partial charge on any atom is 0.187 e. The van der Waals surface area contributed by atoms with E-state index in [1.165, 1.54) is 0 Å². The second-order valence-electron chi connectivity index (χ2n) is 5.82. The van der Waals surface area contributed by atoms with Gasteiger partial charge >= 0.3 is 0 Å². The Labute approximate surface area is 101 Å². The molecule has 98 valence electrons. The first-order chi connectivity index (χ1) is 7.85. The molecule has 4 atom stereocenters. The molecule has 0 aromatic carbocycles. The van der Waals surface area contributed by atoms with Crippen LogP contribution in [0.2, 0.25) is 0 Å². The monoisotopic (exact) mass is 244 g/mol. The van der Waals surface area contributed by atoms with E-state index in [2.05, 4.69) is 0 Å². The van der Waals surface area contributed by atoms with Crippen molar-refractivity contribution in [3.63, 3.8) is 0 Å².